The molecule has 2 aromatic carbocycles. The van der Waals surface area contributed by atoms with Crippen molar-refractivity contribution in [3.05, 3.63) is 59.7 Å². The van der Waals surface area contributed by atoms with Crippen LogP contribution in [0.15, 0.2) is 48.5 Å². The molecule has 6 nitrogen and oxygen atoms in total. The molecule has 0 radical (unpaired) electrons. The molecule has 2 rings (SSSR count). The number of rotatable bonds is 8. The normalized spacial score (nSPS) is 10.1. The van der Waals surface area contributed by atoms with E-state index in [9.17, 15) is 9.59 Å². The number of ether oxygens (including phenoxy) is 3. The van der Waals surface area contributed by atoms with Gasteiger partial charge in [0.1, 0.15) is 6.54 Å². The van der Waals surface area contributed by atoms with Gasteiger partial charge in [0.25, 0.3) is 0 Å². The SMILES string of the molecule is COC(=O)CN(Cc1ccccc1)C(=O)Cc1ccc(OC)c(OC)c1. The summed E-state index contributed by atoms with van der Waals surface area (Å²) in [4.78, 5) is 26.0. The molecule has 0 unspecified atom stereocenters. The van der Waals surface area contributed by atoms with Crippen LogP contribution in [0.25, 0.3) is 0 Å². The Labute approximate surface area is 153 Å². The van der Waals surface area contributed by atoms with Crippen LogP contribution in [0, 0.1) is 0 Å². The number of esters is 1. The number of nitrogens with zero attached hydrogens (tertiary/aromatic N) is 1. The lowest BCUT2D eigenvalue weighted by Crippen LogP contribution is -2.36. The van der Waals surface area contributed by atoms with Crippen LogP contribution in [0.5, 0.6) is 11.5 Å². The van der Waals surface area contributed by atoms with Crippen molar-refractivity contribution in [2.24, 2.45) is 0 Å². The van der Waals surface area contributed by atoms with Crippen molar-refractivity contribution >= 4 is 11.9 Å². The molecule has 2 aromatic rings. The van der Waals surface area contributed by atoms with Gasteiger partial charge in [0.2, 0.25) is 5.91 Å². The van der Waals surface area contributed by atoms with E-state index >= 15 is 0 Å². The lowest BCUT2D eigenvalue weighted by molar-refractivity contribution is -0.147. The van der Waals surface area contributed by atoms with Gasteiger partial charge >= 0.3 is 5.97 Å². The minimum atomic E-state index is -0.457. The smallest absolute Gasteiger partial charge is 0.325 e. The van der Waals surface area contributed by atoms with Crippen LogP contribution >= 0.6 is 0 Å². The highest BCUT2D eigenvalue weighted by molar-refractivity contribution is 5.83. The Morgan fingerprint density at radius 1 is 0.885 bits per heavy atom. The predicted molar refractivity (Wildman–Crippen MR) is 97.1 cm³/mol. The highest BCUT2D eigenvalue weighted by Crippen LogP contribution is 2.27. The van der Waals surface area contributed by atoms with E-state index in [1.807, 2.05) is 30.3 Å². The van der Waals surface area contributed by atoms with Gasteiger partial charge in [-0.2, -0.15) is 0 Å². The van der Waals surface area contributed by atoms with Crippen molar-refractivity contribution in [1.82, 2.24) is 4.90 Å². The fourth-order valence-electron chi connectivity index (χ4n) is 2.53. The van der Waals surface area contributed by atoms with Gasteiger partial charge in [0.15, 0.2) is 11.5 Å². The van der Waals surface area contributed by atoms with Crippen LogP contribution < -0.4 is 9.47 Å². The van der Waals surface area contributed by atoms with E-state index in [-0.39, 0.29) is 18.9 Å². The van der Waals surface area contributed by atoms with E-state index in [0.717, 1.165) is 11.1 Å². The molecule has 0 atom stereocenters. The van der Waals surface area contributed by atoms with Crippen LogP contribution in [-0.4, -0.2) is 44.7 Å². The van der Waals surface area contributed by atoms with Crippen LogP contribution in [0.2, 0.25) is 0 Å². The second-order valence-electron chi connectivity index (χ2n) is 5.68. The number of amides is 1. The maximum Gasteiger partial charge on any atom is 0.325 e. The number of hydrogen-bond donors (Lipinski definition) is 0. The van der Waals surface area contributed by atoms with E-state index in [4.69, 9.17) is 14.2 Å². The quantitative estimate of drug-likeness (QED) is 0.679. The van der Waals surface area contributed by atoms with Gasteiger partial charge in [-0.05, 0) is 23.3 Å². The van der Waals surface area contributed by atoms with Crippen molar-refractivity contribution in [3.8, 4) is 11.5 Å². The maximum atomic E-state index is 12.8. The molecule has 0 saturated carbocycles. The van der Waals surface area contributed by atoms with Gasteiger partial charge in [-0.1, -0.05) is 36.4 Å². The first-order valence-electron chi connectivity index (χ1n) is 8.16. The summed E-state index contributed by atoms with van der Waals surface area (Å²) >= 11 is 0. The zero-order valence-electron chi connectivity index (χ0n) is 15.2. The number of benzene rings is 2. The largest absolute Gasteiger partial charge is 0.493 e. The van der Waals surface area contributed by atoms with Crippen molar-refractivity contribution in [3.63, 3.8) is 0 Å². The topological polar surface area (TPSA) is 65.1 Å². The highest BCUT2D eigenvalue weighted by Gasteiger charge is 2.19. The third-order valence-corrected chi connectivity index (χ3v) is 3.92. The minimum absolute atomic E-state index is 0.0997. The van der Waals surface area contributed by atoms with Gasteiger partial charge in [-0.3, -0.25) is 9.59 Å². The van der Waals surface area contributed by atoms with E-state index in [2.05, 4.69) is 0 Å². The summed E-state index contributed by atoms with van der Waals surface area (Å²) in [6, 6.07) is 14.8. The number of methoxy groups -OCH3 is 3. The summed E-state index contributed by atoms with van der Waals surface area (Å²) in [6.07, 6.45) is 0.143. The molecule has 0 N–H and O–H groups in total. The molecule has 6 heteroatoms. The lowest BCUT2D eigenvalue weighted by atomic mass is 10.1. The molecule has 0 saturated heterocycles. The van der Waals surface area contributed by atoms with Gasteiger partial charge in [-0.25, -0.2) is 0 Å². The van der Waals surface area contributed by atoms with Crippen LogP contribution in [0.3, 0.4) is 0 Å². The molecular formula is C20H23NO5. The molecule has 0 heterocycles. The number of hydrogen-bond acceptors (Lipinski definition) is 5. The number of carbonyl (C=O) groups excluding carboxylic acids is 2. The van der Waals surface area contributed by atoms with Gasteiger partial charge in [0, 0.05) is 6.54 Å². The Bertz CT molecular complexity index is 745. The van der Waals surface area contributed by atoms with E-state index in [1.165, 1.54) is 12.0 Å². The molecule has 0 spiro atoms. The van der Waals surface area contributed by atoms with Crippen LogP contribution in [-0.2, 0) is 27.3 Å². The summed E-state index contributed by atoms with van der Waals surface area (Å²) in [5, 5.41) is 0. The van der Waals surface area contributed by atoms with Crippen molar-refractivity contribution in [2.45, 2.75) is 13.0 Å². The Hall–Kier alpha value is -3.02. The molecule has 0 bridgehead atoms. The van der Waals surface area contributed by atoms with Gasteiger partial charge < -0.3 is 19.1 Å². The molecule has 0 aliphatic rings. The van der Waals surface area contributed by atoms with Gasteiger partial charge in [0.05, 0.1) is 27.8 Å². The van der Waals surface area contributed by atoms with E-state index < -0.39 is 5.97 Å². The summed E-state index contributed by atoms with van der Waals surface area (Å²) in [7, 11) is 4.41. The van der Waals surface area contributed by atoms with Crippen molar-refractivity contribution < 1.29 is 23.8 Å². The van der Waals surface area contributed by atoms with Gasteiger partial charge in [-0.15, -0.1) is 0 Å². The Kier molecular flexibility index (Phi) is 7.02. The maximum absolute atomic E-state index is 12.8. The first kappa shape index (κ1) is 19.3. The Morgan fingerprint density at radius 2 is 1.58 bits per heavy atom. The summed E-state index contributed by atoms with van der Waals surface area (Å²) in [5.41, 5.74) is 1.72. The molecule has 0 aliphatic heterocycles. The first-order valence-corrected chi connectivity index (χ1v) is 8.16. The Morgan fingerprint density at radius 3 is 2.19 bits per heavy atom. The third kappa shape index (κ3) is 5.24. The lowest BCUT2D eigenvalue weighted by Gasteiger charge is -2.22. The summed E-state index contributed by atoms with van der Waals surface area (Å²) in [5.74, 6) is 0.521. The van der Waals surface area contributed by atoms with E-state index in [1.54, 1.807) is 32.4 Å². The number of carbonyl (C=O) groups is 2. The molecule has 0 aromatic heterocycles. The first-order chi connectivity index (χ1) is 12.6. The zero-order chi connectivity index (χ0) is 18.9. The predicted octanol–water partition coefficient (Wildman–Crippen LogP) is 2.45. The third-order valence-electron chi connectivity index (χ3n) is 3.92. The zero-order valence-corrected chi connectivity index (χ0v) is 15.2. The average Bonchev–Trinajstić information content (AvgIpc) is 2.67. The summed E-state index contributed by atoms with van der Waals surface area (Å²) < 4.78 is 15.2. The molecule has 0 fully saturated rings. The monoisotopic (exact) mass is 357 g/mol. The molecule has 0 aliphatic carbocycles. The molecular weight excluding hydrogens is 334 g/mol. The van der Waals surface area contributed by atoms with Crippen molar-refractivity contribution in [2.75, 3.05) is 27.9 Å². The fourth-order valence-corrected chi connectivity index (χ4v) is 2.53. The van der Waals surface area contributed by atoms with E-state index in [0.29, 0.717) is 18.0 Å². The van der Waals surface area contributed by atoms with Crippen molar-refractivity contribution in [1.29, 1.82) is 0 Å². The molecule has 26 heavy (non-hydrogen) atoms. The van der Waals surface area contributed by atoms with Crippen LogP contribution in [0.4, 0.5) is 0 Å². The second-order valence-corrected chi connectivity index (χ2v) is 5.68. The minimum Gasteiger partial charge on any atom is -0.493 e. The summed E-state index contributed by atoms with van der Waals surface area (Å²) in [6.45, 7) is 0.236. The van der Waals surface area contributed by atoms with Crippen LogP contribution in [0.1, 0.15) is 11.1 Å². The molecule has 138 valence electrons. The fraction of sp³-hybridized carbons (Fsp3) is 0.300. The highest BCUT2D eigenvalue weighted by atomic mass is 16.5. The second kappa shape index (κ2) is 9.46. The molecule has 1 amide bonds. The average molecular weight is 357 g/mol. The standard InChI is InChI=1S/C20H23NO5/c1-24-17-10-9-16(11-18(17)25-2)12-19(22)21(14-20(23)26-3)13-15-7-5-4-6-8-15/h4-11H,12-14H2,1-3H3. The Balaban J connectivity index is 2.16.